The number of Topliss-reactive ketones (excluding diaryl/α,β-unsaturated/α-hetero) is 1. The highest BCUT2D eigenvalue weighted by atomic mass is 16.5. The van der Waals surface area contributed by atoms with E-state index in [1.54, 1.807) is 18.0 Å². The summed E-state index contributed by atoms with van der Waals surface area (Å²) in [4.78, 5) is 14.8. The van der Waals surface area contributed by atoms with Gasteiger partial charge in [-0.1, -0.05) is 0 Å². The molecular formula is C14H23N3O3. The highest BCUT2D eigenvalue weighted by molar-refractivity contribution is 5.98. The van der Waals surface area contributed by atoms with Gasteiger partial charge < -0.3 is 14.4 Å². The van der Waals surface area contributed by atoms with Crippen LogP contribution >= 0.6 is 0 Å². The maximum absolute atomic E-state index is 12.7. The molecule has 0 atom stereocenters. The quantitative estimate of drug-likeness (QED) is 0.730. The Bertz CT molecular complexity index is 451. The third-order valence-electron chi connectivity index (χ3n) is 3.61. The van der Waals surface area contributed by atoms with Crippen LogP contribution in [0.5, 0.6) is 5.75 Å². The van der Waals surface area contributed by atoms with Crippen molar-refractivity contribution in [2.75, 3.05) is 41.0 Å². The van der Waals surface area contributed by atoms with Gasteiger partial charge in [0.05, 0.1) is 19.9 Å². The van der Waals surface area contributed by atoms with E-state index in [9.17, 15) is 4.79 Å². The molecule has 20 heavy (non-hydrogen) atoms. The molecule has 0 aliphatic carbocycles. The van der Waals surface area contributed by atoms with E-state index in [0.717, 1.165) is 19.4 Å². The monoisotopic (exact) mass is 281 g/mol. The van der Waals surface area contributed by atoms with Crippen molar-refractivity contribution in [2.45, 2.75) is 19.4 Å². The summed E-state index contributed by atoms with van der Waals surface area (Å²) in [7, 11) is 5.58. The van der Waals surface area contributed by atoms with Gasteiger partial charge in [0, 0.05) is 25.7 Å². The van der Waals surface area contributed by atoms with E-state index in [2.05, 4.69) is 10.00 Å². The first-order valence-electron chi connectivity index (χ1n) is 7.00. The molecule has 1 aliphatic rings. The zero-order valence-electron chi connectivity index (χ0n) is 12.5. The lowest BCUT2D eigenvalue weighted by molar-refractivity contribution is 0.0535. The van der Waals surface area contributed by atoms with Crippen molar-refractivity contribution < 1.29 is 14.3 Å². The number of carbonyl (C=O) groups excluding carboxylic acids is 1. The molecule has 2 heterocycles. The normalized spacial score (nSPS) is 16.6. The Kier molecular flexibility index (Phi) is 5.14. The number of likely N-dealkylation sites (N-methyl/N-ethyl adjacent to an activating group) is 1. The molecule has 0 saturated carbocycles. The zero-order chi connectivity index (χ0) is 14.5. The Labute approximate surface area is 119 Å². The fourth-order valence-corrected chi connectivity index (χ4v) is 2.38. The van der Waals surface area contributed by atoms with Gasteiger partial charge in [-0.2, -0.15) is 5.10 Å². The molecule has 0 radical (unpaired) electrons. The molecule has 6 nitrogen and oxygen atoms in total. The van der Waals surface area contributed by atoms with Gasteiger partial charge in [-0.05, 0) is 26.9 Å². The van der Waals surface area contributed by atoms with Crippen LogP contribution in [0.25, 0.3) is 0 Å². The van der Waals surface area contributed by atoms with Gasteiger partial charge in [0.1, 0.15) is 5.69 Å². The number of ketones is 1. The number of rotatable bonds is 6. The van der Waals surface area contributed by atoms with Gasteiger partial charge in [0.15, 0.2) is 11.5 Å². The van der Waals surface area contributed by atoms with Gasteiger partial charge in [-0.25, -0.2) is 0 Å². The molecule has 0 aromatic carbocycles. The minimum atomic E-state index is 0.0208. The second-order valence-corrected chi connectivity index (χ2v) is 5.34. The van der Waals surface area contributed by atoms with Crippen molar-refractivity contribution in [1.82, 2.24) is 14.7 Å². The van der Waals surface area contributed by atoms with Crippen LogP contribution in [-0.2, 0) is 11.3 Å². The van der Waals surface area contributed by atoms with E-state index >= 15 is 0 Å². The van der Waals surface area contributed by atoms with E-state index < -0.39 is 0 Å². The van der Waals surface area contributed by atoms with Crippen LogP contribution in [0.15, 0.2) is 6.20 Å². The van der Waals surface area contributed by atoms with Crippen LogP contribution in [0.2, 0.25) is 0 Å². The number of hydrogen-bond donors (Lipinski definition) is 0. The molecule has 112 valence electrons. The van der Waals surface area contributed by atoms with Crippen molar-refractivity contribution in [3.63, 3.8) is 0 Å². The fourth-order valence-electron chi connectivity index (χ4n) is 2.38. The van der Waals surface area contributed by atoms with Crippen LogP contribution in [0.4, 0.5) is 0 Å². The Morgan fingerprint density at radius 3 is 2.80 bits per heavy atom. The molecule has 0 N–H and O–H groups in total. The number of ether oxygens (including phenoxy) is 2. The largest absolute Gasteiger partial charge is 0.493 e. The third kappa shape index (κ3) is 3.37. The van der Waals surface area contributed by atoms with Gasteiger partial charge >= 0.3 is 0 Å². The number of hydrogen-bond acceptors (Lipinski definition) is 5. The fraction of sp³-hybridized carbons (Fsp3) is 0.714. The van der Waals surface area contributed by atoms with Gasteiger partial charge in [0.25, 0.3) is 0 Å². The van der Waals surface area contributed by atoms with Gasteiger partial charge in [-0.15, -0.1) is 0 Å². The standard InChI is InChI=1S/C14H23N3O3/c1-16(2)6-7-17-13(12(19-3)10-15-17)14(18)11-4-8-20-9-5-11/h10-11H,4-9H2,1-3H3. The Balaban J connectivity index is 2.18. The van der Waals surface area contributed by atoms with Crippen molar-refractivity contribution >= 4 is 5.78 Å². The number of methoxy groups -OCH3 is 1. The van der Waals surface area contributed by atoms with Crippen LogP contribution in [0, 0.1) is 5.92 Å². The van der Waals surface area contributed by atoms with Crippen LogP contribution in [0.1, 0.15) is 23.3 Å². The van der Waals surface area contributed by atoms with E-state index in [-0.39, 0.29) is 11.7 Å². The first-order chi connectivity index (χ1) is 9.63. The Hall–Kier alpha value is -1.40. The smallest absolute Gasteiger partial charge is 0.187 e. The summed E-state index contributed by atoms with van der Waals surface area (Å²) < 4.78 is 12.4. The molecule has 0 unspecified atom stereocenters. The number of carbonyl (C=O) groups is 1. The lowest BCUT2D eigenvalue weighted by Crippen LogP contribution is -2.27. The summed E-state index contributed by atoms with van der Waals surface area (Å²) >= 11 is 0. The van der Waals surface area contributed by atoms with E-state index in [1.807, 2.05) is 14.1 Å². The number of nitrogens with zero attached hydrogens (tertiary/aromatic N) is 3. The van der Waals surface area contributed by atoms with Gasteiger partial charge in [0.2, 0.25) is 0 Å². The SMILES string of the molecule is COc1cnn(CCN(C)C)c1C(=O)C1CCOCC1. The van der Waals surface area contributed by atoms with Crippen molar-refractivity contribution in [1.29, 1.82) is 0 Å². The van der Waals surface area contributed by atoms with Crippen LogP contribution < -0.4 is 4.74 Å². The molecule has 1 aromatic heterocycles. The third-order valence-corrected chi connectivity index (χ3v) is 3.61. The maximum Gasteiger partial charge on any atom is 0.187 e. The predicted octanol–water partition coefficient (Wildman–Crippen LogP) is 1.06. The second-order valence-electron chi connectivity index (χ2n) is 5.34. The molecule has 0 spiro atoms. The van der Waals surface area contributed by atoms with Gasteiger partial charge in [-0.3, -0.25) is 9.48 Å². The molecule has 2 rings (SSSR count). The lowest BCUT2D eigenvalue weighted by Gasteiger charge is -2.21. The van der Waals surface area contributed by atoms with E-state index in [1.165, 1.54) is 0 Å². The Morgan fingerprint density at radius 1 is 1.50 bits per heavy atom. The summed E-state index contributed by atoms with van der Waals surface area (Å²) in [6.45, 7) is 2.83. The van der Waals surface area contributed by atoms with Crippen molar-refractivity contribution in [2.24, 2.45) is 5.92 Å². The zero-order valence-corrected chi connectivity index (χ0v) is 12.5. The van der Waals surface area contributed by atoms with Crippen LogP contribution in [0.3, 0.4) is 0 Å². The first kappa shape index (κ1) is 15.0. The van der Waals surface area contributed by atoms with E-state index in [0.29, 0.717) is 31.2 Å². The molecule has 1 fully saturated rings. The molecule has 6 heteroatoms. The molecule has 1 saturated heterocycles. The summed E-state index contributed by atoms with van der Waals surface area (Å²) in [6, 6.07) is 0. The molecule has 1 aromatic rings. The minimum absolute atomic E-state index is 0.0208. The van der Waals surface area contributed by atoms with Crippen molar-refractivity contribution in [3.05, 3.63) is 11.9 Å². The molecular weight excluding hydrogens is 258 g/mol. The summed E-state index contributed by atoms with van der Waals surface area (Å²) in [5, 5.41) is 4.29. The summed E-state index contributed by atoms with van der Waals surface area (Å²) in [5.74, 6) is 0.717. The number of aromatic nitrogens is 2. The van der Waals surface area contributed by atoms with Crippen LogP contribution in [-0.4, -0.2) is 61.4 Å². The topological polar surface area (TPSA) is 56.6 Å². The van der Waals surface area contributed by atoms with E-state index in [4.69, 9.17) is 9.47 Å². The maximum atomic E-state index is 12.7. The minimum Gasteiger partial charge on any atom is -0.493 e. The second kappa shape index (κ2) is 6.85. The highest BCUT2D eigenvalue weighted by Gasteiger charge is 2.28. The average Bonchev–Trinajstić information content (AvgIpc) is 2.88. The average molecular weight is 281 g/mol. The lowest BCUT2D eigenvalue weighted by atomic mass is 9.93. The Morgan fingerprint density at radius 2 is 2.20 bits per heavy atom. The molecule has 0 bridgehead atoms. The first-order valence-corrected chi connectivity index (χ1v) is 7.00. The molecule has 0 amide bonds. The summed E-state index contributed by atoms with van der Waals surface area (Å²) in [5.41, 5.74) is 0.598. The molecule has 1 aliphatic heterocycles. The summed E-state index contributed by atoms with van der Waals surface area (Å²) in [6.07, 6.45) is 3.18. The predicted molar refractivity (Wildman–Crippen MR) is 75.2 cm³/mol. The highest BCUT2D eigenvalue weighted by Crippen LogP contribution is 2.26. The van der Waals surface area contributed by atoms with Crippen molar-refractivity contribution in [3.8, 4) is 5.75 Å².